The second-order valence-corrected chi connectivity index (χ2v) is 7.86. The molecule has 0 saturated carbocycles. The Kier molecular flexibility index (Phi) is 6.18. The molecule has 9 heteroatoms. The molecule has 0 unspecified atom stereocenters. The zero-order valence-corrected chi connectivity index (χ0v) is 17.3. The number of nitro benzene ring substituents is 1. The number of non-ortho nitro benzene ring substituents is 1. The van der Waals surface area contributed by atoms with E-state index < -0.39 is 10.8 Å². The van der Waals surface area contributed by atoms with Crippen LogP contribution in [0.2, 0.25) is 0 Å². The maximum atomic E-state index is 12.9. The van der Waals surface area contributed by atoms with Gasteiger partial charge in [-0.05, 0) is 59.7 Å². The fraction of sp³-hybridized carbons (Fsp3) is 0.0435. The van der Waals surface area contributed by atoms with Gasteiger partial charge in [0.2, 0.25) is 0 Å². The van der Waals surface area contributed by atoms with Gasteiger partial charge in [0.05, 0.1) is 16.0 Å². The second-order valence-electron chi connectivity index (χ2n) is 6.77. The molecule has 7 nitrogen and oxygen atoms in total. The van der Waals surface area contributed by atoms with Crippen LogP contribution < -0.4 is 10.2 Å². The van der Waals surface area contributed by atoms with Crippen molar-refractivity contribution in [1.82, 2.24) is 5.43 Å². The number of benzene rings is 3. The number of amides is 1. The summed E-state index contributed by atoms with van der Waals surface area (Å²) in [4.78, 5) is 23.1. The van der Waals surface area contributed by atoms with Crippen molar-refractivity contribution in [1.29, 1.82) is 0 Å². The van der Waals surface area contributed by atoms with Crippen LogP contribution in [0, 0.1) is 15.9 Å². The maximum absolute atomic E-state index is 12.9. The molecule has 1 heterocycles. The van der Waals surface area contributed by atoms with E-state index in [2.05, 4.69) is 10.5 Å². The summed E-state index contributed by atoms with van der Waals surface area (Å²) in [6.45, 7) is 0.322. The number of nitro groups is 1. The predicted octanol–water partition coefficient (Wildman–Crippen LogP) is 5.29. The molecular formula is C23H16FN3O4S. The van der Waals surface area contributed by atoms with Crippen molar-refractivity contribution in [3.63, 3.8) is 0 Å². The van der Waals surface area contributed by atoms with Crippen LogP contribution in [-0.2, 0) is 6.61 Å². The molecule has 160 valence electrons. The highest BCUT2D eigenvalue weighted by Crippen LogP contribution is 2.28. The average molecular weight is 449 g/mol. The smallest absolute Gasteiger partial charge is 0.281 e. The lowest BCUT2D eigenvalue weighted by atomic mass is 10.2. The minimum Gasteiger partial charge on any atom is -0.489 e. The molecule has 0 atom stereocenters. The van der Waals surface area contributed by atoms with Crippen molar-refractivity contribution in [2.45, 2.75) is 6.61 Å². The third-order valence-corrected chi connectivity index (χ3v) is 5.63. The standard InChI is InChI=1S/C23H16FN3O4S/c24-18-5-1-16(2-6-18)14-31-20-8-3-15(4-9-20)13-25-26-23(28)22-12-17-11-19(27(29)30)7-10-21(17)32-22/h1-13H,14H2,(H,26,28)/b25-13-. The molecule has 0 spiro atoms. The molecule has 0 aliphatic carbocycles. The van der Waals surface area contributed by atoms with Gasteiger partial charge in [-0.1, -0.05) is 12.1 Å². The third kappa shape index (κ3) is 5.13. The van der Waals surface area contributed by atoms with Crippen LogP contribution >= 0.6 is 11.3 Å². The first-order valence-electron chi connectivity index (χ1n) is 9.47. The zero-order chi connectivity index (χ0) is 22.5. The minimum atomic E-state index is -0.472. The predicted molar refractivity (Wildman–Crippen MR) is 121 cm³/mol. The molecule has 1 N–H and O–H groups in total. The highest BCUT2D eigenvalue weighted by Gasteiger charge is 2.12. The summed E-state index contributed by atoms with van der Waals surface area (Å²) in [6, 6.07) is 19.3. The molecule has 0 aliphatic rings. The van der Waals surface area contributed by atoms with Gasteiger partial charge in [-0.25, -0.2) is 9.82 Å². The van der Waals surface area contributed by atoms with Crippen molar-refractivity contribution >= 4 is 39.2 Å². The number of fused-ring (bicyclic) bond motifs is 1. The third-order valence-electron chi connectivity index (χ3n) is 4.51. The SMILES string of the molecule is O=C(N/N=C\c1ccc(OCc2ccc(F)cc2)cc1)c1cc2cc([N+](=O)[O-])ccc2s1. The highest BCUT2D eigenvalue weighted by molar-refractivity contribution is 7.20. The first kappa shape index (κ1) is 21.1. The van der Waals surface area contributed by atoms with Crippen LogP contribution in [0.15, 0.2) is 77.9 Å². The number of halogens is 1. The van der Waals surface area contributed by atoms with Crippen molar-refractivity contribution in [2.24, 2.45) is 5.10 Å². The number of carbonyl (C=O) groups excluding carboxylic acids is 1. The number of carbonyl (C=O) groups is 1. The van der Waals surface area contributed by atoms with E-state index in [9.17, 15) is 19.3 Å². The summed E-state index contributed by atoms with van der Waals surface area (Å²) in [5.74, 6) is -0.0416. The Bertz CT molecular complexity index is 1300. The Balaban J connectivity index is 1.33. The van der Waals surface area contributed by atoms with E-state index in [-0.39, 0.29) is 11.5 Å². The van der Waals surface area contributed by atoms with Crippen molar-refractivity contribution in [3.8, 4) is 5.75 Å². The van der Waals surface area contributed by atoms with E-state index in [1.807, 2.05) is 0 Å². The van der Waals surface area contributed by atoms with Gasteiger partial charge in [0, 0.05) is 22.2 Å². The first-order valence-corrected chi connectivity index (χ1v) is 10.3. The van der Waals surface area contributed by atoms with Crippen LogP contribution in [-0.4, -0.2) is 17.0 Å². The molecule has 4 aromatic rings. The topological polar surface area (TPSA) is 93.8 Å². The first-order chi connectivity index (χ1) is 15.5. The molecule has 0 bridgehead atoms. The Labute approximate surface area is 185 Å². The van der Waals surface area contributed by atoms with Crippen molar-refractivity contribution in [3.05, 3.63) is 105 Å². The lowest BCUT2D eigenvalue weighted by Crippen LogP contribution is -2.16. The number of ether oxygens (including phenoxy) is 1. The fourth-order valence-electron chi connectivity index (χ4n) is 2.87. The molecule has 32 heavy (non-hydrogen) atoms. The summed E-state index contributed by atoms with van der Waals surface area (Å²) >= 11 is 1.23. The number of rotatable bonds is 7. The quantitative estimate of drug-likeness (QED) is 0.236. The Morgan fingerprint density at radius 2 is 1.84 bits per heavy atom. The molecule has 1 amide bonds. The molecule has 0 saturated heterocycles. The maximum Gasteiger partial charge on any atom is 0.281 e. The van der Waals surface area contributed by atoms with E-state index in [4.69, 9.17) is 4.74 Å². The monoisotopic (exact) mass is 449 g/mol. The molecule has 1 aromatic heterocycles. The summed E-state index contributed by atoms with van der Waals surface area (Å²) in [7, 11) is 0. The molecule has 4 rings (SSSR count). The zero-order valence-electron chi connectivity index (χ0n) is 16.5. The lowest BCUT2D eigenvalue weighted by Gasteiger charge is -2.06. The molecule has 0 radical (unpaired) electrons. The number of hydrogen-bond donors (Lipinski definition) is 1. The van der Waals surface area contributed by atoms with Gasteiger partial charge in [-0.3, -0.25) is 14.9 Å². The van der Waals surface area contributed by atoms with Crippen LogP contribution in [0.3, 0.4) is 0 Å². The average Bonchev–Trinajstić information content (AvgIpc) is 3.23. The summed E-state index contributed by atoms with van der Waals surface area (Å²) in [6.07, 6.45) is 1.50. The number of hydrogen-bond acceptors (Lipinski definition) is 6. The summed E-state index contributed by atoms with van der Waals surface area (Å²) in [5.41, 5.74) is 4.05. The Morgan fingerprint density at radius 3 is 2.56 bits per heavy atom. The highest BCUT2D eigenvalue weighted by atomic mass is 32.1. The van der Waals surface area contributed by atoms with E-state index in [1.165, 1.54) is 41.8 Å². The lowest BCUT2D eigenvalue weighted by molar-refractivity contribution is -0.384. The second kappa shape index (κ2) is 9.36. The Hall–Kier alpha value is -4.11. The van der Waals surface area contributed by atoms with E-state index in [1.54, 1.807) is 48.5 Å². The Morgan fingerprint density at radius 1 is 1.09 bits per heavy atom. The largest absolute Gasteiger partial charge is 0.489 e. The van der Waals surface area contributed by atoms with E-state index in [0.717, 1.165) is 15.8 Å². The minimum absolute atomic E-state index is 0.0228. The molecule has 3 aromatic carbocycles. The van der Waals surface area contributed by atoms with Gasteiger partial charge in [-0.2, -0.15) is 5.10 Å². The molecule has 0 fully saturated rings. The van der Waals surface area contributed by atoms with Gasteiger partial charge >= 0.3 is 0 Å². The number of nitrogens with zero attached hydrogens (tertiary/aromatic N) is 2. The van der Waals surface area contributed by atoms with E-state index in [0.29, 0.717) is 22.6 Å². The normalized spacial score (nSPS) is 11.0. The van der Waals surface area contributed by atoms with Crippen LogP contribution in [0.4, 0.5) is 10.1 Å². The summed E-state index contributed by atoms with van der Waals surface area (Å²) < 4.78 is 19.4. The summed E-state index contributed by atoms with van der Waals surface area (Å²) in [5, 5.41) is 15.5. The number of nitrogens with one attached hydrogen (secondary N) is 1. The van der Waals surface area contributed by atoms with Gasteiger partial charge in [0.1, 0.15) is 18.2 Å². The number of thiophene rings is 1. The van der Waals surface area contributed by atoms with Crippen molar-refractivity contribution in [2.75, 3.05) is 0 Å². The number of hydrazone groups is 1. The van der Waals surface area contributed by atoms with Crippen LogP contribution in [0.1, 0.15) is 20.8 Å². The van der Waals surface area contributed by atoms with E-state index >= 15 is 0 Å². The molecular weight excluding hydrogens is 433 g/mol. The van der Waals surface area contributed by atoms with Crippen LogP contribution in [0.5, 0.6) is 5.75 Å². The van der Waals surface area contributed by atoms with Gasteiger partial charge in [0.15, 0.2) is 0 Å². The van der Waals surface area contributed by atoms with Crippen molar-refractivity contribution < 1.29 is 18.8 Å². The molecule has 0 aliphatic heterocycles. The van der Waals surface area contributed by atoms with Gasteiger partial charge < -0.3 is 4.74 Å². The van der Waals surface area contributed by atoms with Crippen LogP contribution in [0.25, 0.3) is 10.1 Å². The fourth-order valence-corrected chi connectivity index (χ4v) is 3.81. The van der Waals surface area contributed by atoms with Gasteiger partial charge in [0.25, 0.3) is 11.6 Å². The van der Waals surface area contributed by atoms with Gasteiger partial charge in [-0.15, -0.1) is 11.3 Å².